The van der Waals surface area contributed by atoms with E-state index in [-0.39, 0.29) is 11.9 Å². The van der Waals surface area contributed by atoms with Crippen molar-refractivity contribution in [1.29, 1.82) is 0 Å². The molecule has 1 unspecified atom stereocenters. The summed E-state index contributed by atoms with van der Waals surface area (Å²) in [6.45, 7) is 8.41. The van der Waals surface area contributed by atoms with Gasteiger partial charge in [0, 0.05) is 31.1 Å². The Balaban J connectivity index is 1.53. The van der Waals surface area contributed by atoms with Crippen LogP contribution in [0.25, 0.3) is 0 Å². The molecule has 1 aromatic carbocycles. The second-order valence-electron chi connectivity index (χ2n) is 8.26. The van der Waals surface area contributed by atoms with Crippen LogP contribution in [0.1, 0.15) is 36.8 Å². The van der Waals surface area contributed by atoms with Gasteiger partial charge >= 0.3 is 0 Å². The standard InChI is InChI=1S/C22H31N3O3S2/c1-17(2)15-20(21-5-4-14-29-21)23-22(26)16-24-10-12-25(13-11-24)30(27,28)19-8-6-18(3)7-9-19/h4-9,14,17,20H,10-13,15-16H2,1-3H3,(H,23,26). The van der Waals surface area contributed by atoms with Crippen LogP contribution < -0.4 is 5.32 Å². The summed E-state index contributed by atoms with van der Waals surface area (Å²) >= 11 is 1.66. The van der Waals surface area contributed by atoms with Gasteiger partial charge in [-0.05, 0) is 42.8 Å². The Morgan fingerprint density at radius 1 is 1.10 bits per heavy atom. The Morgan fingerprint density at radius 2 is 1.77 bits per heavy atom. The van der Waals surface area contributed by atoms with Crippen molar-refractivity contribution in [2.75, 3.05) is 32.7 Å². The second kappa shape index (κ2) is 10.0. The number of hydrogen-bond acceptors (Lipinski definition) is 5. The Hall–Kier alpha value is -1.74. The fourth-order valence-electron chi connectivity index (χ4n) is 3.64. The van der Waals surface area contributed by atoms with Crippen LogP contribution in [0.2, 0.25) is 0 Å². The molecular weight excluding hydrogens is 418 g/mol. The van der Waals surface area contributed by atoms with Crippen LogP contribution in [0.15, 0.2) is 46.7 Å². The van der Waals surface area contributed by atoms with E-state index in [1.54, 1.807) is 23.5 Å². The van der Waals surface area contributed by atoms with Gasteiger partial charge in [-0.3, -0.25) is 9.69 Å². The highest BCUT2D eigenvalue weighted by Gasteiger charge is 2.29. The molecule has 0 bridgehead atoms. The SMILES string of the molecule is Cc1ccc(S(=O)(=O)N2CCN(CC(=O)NC(CC(C)C)c3cccs3)CC2)cc1. The third-order valence-electron chi connectivity index (χ3n) is 5.29. The second-order valence-corrected chi connectivity index (χ2v) is 11.2. The first-order valence-corrected chi connectivity index (χ1v) is 12.7. The highest BCUT2D eigenvalue weighted by molar-refractivity contribution is 7.89. The molecule has 1 aliphatic rings. The highest BCUT2D eigenvalue weighted by Crippen LogP contribution is 2.25. The van der Waals surface area contributed by atoms with Gasteiger partial charge in [-0.1, -0.05) is 37.6 Å². The number of nitrogens with one attached hydrogen (secondary N) is 1. The number of thiophene rings is 1. The van der Waals surface area contributed by atoms with Crippen molar-refractivity contribution < 1.29 is 13.2 Å². The molecule has 1 atom stereocenters. The summed E-state index contributed by atoms with van der Waals surface area (Å²) in [4.78, 5) is 16.2. The number of piperazine rings is 1. The van der Waals surface area contributed by atoms with Crippen molar-refractivity contribution >= 4 is 27.3 Å². The van der Waals surface area contributed by atoms with Gasteiger partial charge in [-0.25, -0.2) is 8.42 Å². The smallest absolute Gasteiger partial charge is 0.243 e. The van der Waals surface area contributed by atoms with Crippen LogP contribution in [0.3, 0.4) is 0 Å². The summed E-state index contributed by atoms with van der Waals surface area (Å²) in [5, 5.41) is 5.20. The van der Waals surface area contributed by atoms with Crippen molar-refractivity contribution in [1.82, 2.24) is 14.5 Å². The molecule has 30 heavy (non-hydrogen) atoms. The van der Waals surface area contributed by atoms with Crippen molar-refractivity contribution in [2.45, 2.75) is 38.1 Å². The molecule has 0 spiro atoms. The summed E-state index contributed by atoms with van der Waals surface area (Å²) in [6, 6.07) is 11.0. The molecule has 1 saturated heterocycles. The number of aryl methyl sites for hydroxylation is 1. The summed E-state index contributed by atoms with van der Waals surface area (Å²) in [5.41, 5.74) is 1.03. The Morgan fingerprint density at radius 3 is 2.33 bits per heavy atom. The minimum atomic E-state index is -3.49. The maximum atomic E-state index is 12.8. The van der Waals surface area contributed by atoms with Crippen LogP contribution in [0.5, 0.6) is 0 Å². The lowest BCUT2D eigenvalue weighted by Gasteiger charge is -2.33. The van der Waals surface area contributed by atoms with Crippen molar-refractivity contribution in [3.63, 3.8) is 0 Å². The molecule has 1 aromatic heterocycles. The van der Waals surface area contributed by atoms with Gasteiger partial charge in [-0.2, -0.15) is 4.31 Å². The molecule has 164 valence electrons. The van der Waals surface area contributed by atoms with E-state index >= 15 is 0 Å². The summed E-state index contributed by atoms with van der Waals surface area (Å²) in [5.74, 6) is 0.469. The number of carbonyl (C=O) groups excluding carboxylic acids is 1. The average molecular weight is 450 g/mol. The summed E-state index contributed by atoms with van der Waals surface area (Å²) < 4.78 is 27.2. The number of sulfonamides is 1. The van der Waals surface area contributed by atoms with Crippen LogP contribution in [0.4, 0.5) is 0 Å². The normalized spacial score (nSPS) is 17.2. The van der Waals surface area contributed by atoms with E-state index in [1.165, 1.54) is 9.18 Å². The van der Waals surface area contributed by atoms with Gasteiger partial charge in [0.05, 0.1) is 17.5 Å². The molecule has 1 aliphatic heterocycles. The van der Waals surface area contributed by atoms with E-state index in [4.69, 9.17) is 0 Å². The fourth-order valence-corrected chi connectivity index (χ4v) is 5.85. The molecule has 2 aromatic rings. The number of rotatable bonds is 8. The van der Waals surface area contributed by atoms with Gasteiger partial charge in [0.25, 0.3) is 0 Å². The maximum Gasteiger partial charge on any atom is 0.243 e. The maximum absolute atomic E-state index is 12.8. The lowest BCUT2D eigenvalue weighted by atomic mass is 10.0. The van der Waals surface area contributed by atoms with Gasteiger partial charge in [0.2, 0.25) is 15.9 Å². The van der Waals surface area contributed by atoms with E-state index in [0.717, 1.165) is 12.0 Å². The number of carbonyl (C=O) groups is 1. The molecule has 1 fully saturated rings. The van der Waals surface area contributed by atoms with E-state index in [9.17, 15) is 13.2 Å². The number of amides is 1. The van der Waals surface area contributed by atoms with Crippen LogP contribution in [-0.4, -0.2) is 56.3 Å². The largest absolute Gasteiger partial charge is 0.347 e. The van der Waals surface area contributed by atoms with Gasteiger partial charge in [0.15, 0.2) is 0 Å². The Kier molecular flexibility index (Phi) is 7.68. The van der Waals surface area contributed by atoms with Crippen LogP contribution >= 0.6 is 11.3 Å². The molecule has 0 aliphatic carbocycles. The van der Waals surface area contributed by atoms with Gasteiger partial charge in [0.1, 0.15) is 0 Å². The van der Waals surface area contributed by atoms with Crippen molar-refractivity contribution in [2.24, 2.45) is 5.92 Å². The first-order chi connectivity index (χ1) is 14.3. The summed E-state index contributed by atoms with van der Waals surface area (Å²) in [6.07, 6.45) is 0.898. The third-order valence-corrected chi connectivity index (χ3v) is 8.19. The number of hydrogen-bond donors (Lipinski definition) is 1. The molecule has 3 rings (SSSR count). The highest BCUT2D eigenvalue weighted by atomic mass is 32.2. The van der Waals surface area contributed by atoms with E-state index < -0.39 is 10.0 Å². The quantitative estimate of drug-likeness (QED) is 0.672. The predicted molar refractivity (Wildman–Crippen MR) is 121 cm³/mol. The average Bonchev–Trinajstić information content (AvgIpc) is 3.23. The van der Waals surface area contributed by atoms with E-state index in [0.29, 0.717) is 43.5 Å². The molecule has 0 radical (unpaired) electrons. The predicted octanol–water partition coefficient (Wildman–Crippen LogP) is 3.27. The lowest BCUT2D eigenvalue weighted by molar-refractivity contribution is -0.123. The Bertz CT molecular complexity index is 917. The van der Waals surface area contributed by atoms with Gasteiger partial charge in [-0.15, -0.1) is 11.3 Å². The molecular formula is C22H31N3O3S2. The zero-order chi connectivity index (χ0) is 21.7. The van der Waals surface area contributed by atoms with Crippen LogP contribution in [-0.2, 0) is 14.8 Å². The van der Waals surface area contributed by atoms with Crippen LogP contribution in [0, 0.1) is 12.8 Å². The monoisotopic (exact) mass is 449 g/mol. The zero-order valence-electron chi connectivity index (χ0n) is 17.9. The number of nitrogens with zero attached hydrogens (tertiary/aromatic N) is 2. The zero-order valence-corrected chi connectivity index (χ0v) is 19.5. The molecule has 0 saturated carbocycles. The molecule has 2 heterocycles. The van der Waals surface area contributed by atoms with E-state index in [1.807, 2.05) is 35.4 Å². The number of benzene rings is 1. The molecule has 1 amide bonds. The first-order valence-electron chi connectivity index (χ1n) is 10.4. The molecule has 6 nitrogen and oxygen atoms in total. The van der Waals surface area contributed by atoms with Crippen molar-refractivity contribution in [3.8, 4) is 0 Å². The lowest BCUT2D eigenvalue weighted by Crippen LogP contribution is -2.51. The minimum absolute atomic E-state index is 0.0103. The van der Waals surface area contributed by atoms with Gasteiger partial charge < -0.3 is 5.32 Å². The fraction of sp³-hybridized carbons (Fsp3) is 0.500. The third kappa shape index (κ3) is 5.91. The van der Waals surface area contributed by atoms with E-state index in [2.05, 4.69) is 25.2 Å². The molecule has 1 N–H and O–H groups in total. The topological polar surface area (TPSA) is 69.7 Å². The Labute approximate surface area is 183 Å². The minimum Gasteiger partial charge on any atom is -0.347 e. The molecule has 8 heteroatoms. The first kappa shape index (κ1) is 22.9. The van der Waals surface area contributed by atoms with Crippen molar-refractivity contribution in [3.05, 3.63) is 52.2 Å². The summed E-state index contributed by atoms with van der Waals surface area (Å²) in [7, 11) is -3.49.